The van der Waals surface area contributed by atoms with Gasteiger partial charge in [-0.1, -0.05) is 41.6 Å². The van der Waals surface area contributed by atoms with Crippen LogP contribution in [0.5, 0.6) is 0 Å². The van der Waals surface area contributed by atoms with E-state index in [1.807, 2.05) is 18.2 Å². The Morgan fingerprint density at radius 2 is 2.16 bits per heavy atom. The molecule has 0 saturated carbocycles. The van der Waals surface area contributed by atoms with Gasteiger partial charge in [0.1, 0.15) is 0 Å². The zero-order chi connectivity index (χ0) is 17.8. The summed E-state index contributed by atoms with van der Waals surface area (Å²) in [7, 11) is 0. The molecular formula is C19H14ClN3OS. The van der Waals surface area contributed by atoms with Gasteiger partial charge in [0, 0.05) is 17.3 Å². The Bertz CT molecular complexity index is 1050. The molecule has 0 radical (unpaired) electrons. The van der Waals surface area contributed by atoms with Crippen molar-refractivity contribution in [2.24, 2.45) is 0 Å². The number of benzene rings is 2. The van der Waals surface area contributed by atoms with Crippen molar-refractivity contribution in [1.82, 2.24) is 9.55 Å². The summed E-state index contributed by atoms with van der Waals surface area (Å²) in [6.07, 6.45) is 1.67. The van der Waals surface area contributed by atoms with Crippen LogP contribution in [0.1, 0.15) is 11.1 Å². The SMILES string of the molecule is C=CCn1c(SCc2cccc(C#N)c2)nc2cc(Cl)ccc2c1=O. The van der Waals surface area contributed by atoms with E-state index in [0.717, 1.165) is 5.56 Å². The molecule has 0 aliphatic carbocycles. The van der Waals surface area contributed by atoms with Gasteiger partial charge >= 0.3 is 0 Å². The van der Waals surface area contributed by atoms with Crippen LogP contribution in [0.25, 0.3) is 10.9 Å². The van der Waals surface area contributed by atoms with E-state index in [1.54, 1.807) is 34.9 Å². The van der Waals surface area contributed by atoms with Crippen LogP contribution in [0.15, 0.2) is 65.1 Å². The molecule has 1 heterocycles. The summed E-state index contributed by atoms with van der Waals surface area (Å²) >= 11 is 7.47. The van der Waals surface area contributed by atoms with E-state index in [-0.39, 0.29) is 5.56 Å². The molecule has 0 fully saturated rings. The maximum Gasteiger partial charge on any atom is 0.262 e. The molecule has 124 valence electrons. The Labute approximate surface area is 154 Å². The van der Waals surface area contributed by atoms with Gasteiger partial charge in [-0.05, 0) is 35.9 Å². The van der Waals surface area contributed by atoms with Gasteiger partial charge in [0.15, 0.2) is 5.16 Å². The van der Waals surface area contributed by atoms with Crippen molar-refractivity contribution >= 4 is 34.3 Å². The van der Waals surface area contributed by atoms with Gasteiger partial charge < -0.3 is 0 Å². The lowest BCUT2D eigenvalue weighted by Crippen LogP contribution is -2.22. The zero-order valence-electron chi connectivity index (χ0n) is 13.3. The highest BCUT2D eigenvalue weighted by Gasteiger charge is 2.11. The quantitative estimate of drug-likeness (QED) is 0.381. The second kappa shape index (κ2) is 7.56. The topological polar surface area (TPSA) is 58.7 Å². The Morgan fingerprint density at radius 3 is 2.92 bits per heavy atom. The average molecular weight is 368 g/mol. The summed E-state index contributed by atoms with van der Waals surface area (Å²) in [6, 6.07) is 14.6. The predicted octanol–water partition coefficient (Wildman–Crippen LogP) is 4.40. The summed E-state index contributed by atoms with van der Waals surface area (Å²) in [5.74, 6) is 0.602. The van der Waals surface area contributed by atoms with Crippen molar-refractivity contribution in [1.29, 1.82) is 5.26 Å². The van der Waals surface area contributed by atoms with Gasteiger partial charge in [-0.15, -0.1) is 6.58 Å². The summed E-state index contributed by atoms with van der Waals surface area (Å²) in [5, 5.41) is 10.7. The van der Waals surface area contributed by atoms with E-state index in [9.17, 15) is 4.79 Å². The first-order chi connectivity index (χ1) is 12.1. The van der Waals surface area contributed by atoms with E-state index >= 15 is 0 Å². The number of nitrogens with zero attached hydrogens (tertiary/aromatic N) is 3. The highest BCUT2D eigenvalue weighted by molar-refractivity contribution is 7.98. The highest BCUT2D eigenvalue weighted by atomic mass is 35.5. The van der Waals surface area contributed by atoms with Crippen LogP contribution in [0.3, 0.4) is 0 Å². The number of fused-ring (bicyclic) bond motifs is 1. The van der Waals surface area contributed by atoms with Crippen LogP contribution in [-0.4, -0.2) is 9.55 Å². The molecule has 0 amide bonds. The Morgan fingerprint density at radius 1 is 1.32 bits per heavy atom. The van der Waals surface area contributed by atoms with Crippen molar-refractivity contribution in [2.45, 2.75) is 17.5 Å². The average Bonchev–Trinajstić information content (AvgIpc) is 2.62. The molecule has 0 N–H and O–H groups in total. The van der Waals surface area contributed by atoms with Crippen molar-refractivity contribution in [3.63, 3.8) is 0 Å². The zero-order valence-corrected chi connectivity index (χ0v) is 14.8. The first kappa shape index (κ1) is 17.3. The standard InChI is InChI=1S/C19H14ClN3OS/c1-2-8-23-18(24)16-7-6-15(20)10-17(16)22-19(23)25-12-14-5-3-4-13(9-14)11-21/h2-7,9-10H,1,8,12H2. The lowest BCUT2D eigenvalue weighted by molar-refractivity contribution is 0.671. The summed E-state index contributed by atoms with van der Waals surface area (Å²) in [4.78, 5) is 17.3. The third-order valence-corrected chi connectivity index (χ3v) is 4.90. The Balaban J connectivity index is 2.01. The highest BCUT2D eigenvalue weighted by Crippen LogP contribution is 2.24. The molecule has 2 aromatic carbocycles. The molecule has 25 heavy (non-hydrogen) atoms. The van der Waals surface area contributed by atoms with Gasteiger partial charge in [0.2, 0.25) is 0 Å². The minimum Gasteiger partial charge on any atom is -0.283 e. The van der Waals surface area contributed by atoms with Crippen LogP contribution >= 0.6 is 23.4 Å². The van der Waals surface area contributed by atoms with Crippen LogP contribution < -0.4 is 5.56 Å². The molecule has 0 aliphatic rings. The lowest BCUT2D eigenvalue weighted by atomic mass is 10.2. The molecule has 0 bridgehead atoms. The van der Waals surface area contributed by atoms with Crippen LogP contribution in [0.2, 0.25) is 5.02 Å². The summed E-state index contributed by atoms with van der Waals surface area (Å²) in [5.41, 5.74) is 2.07. The minimum absolute atomic E-state index is 0.116. The molecule has 0 spiro atoms. The van der Waals surface area contributed by atoms with Crippen molar-refractivity contribution in [3.05, 3.63) is 81.6 Å². The fraction of sp³-hybridized carbons (Fsp3) is 0.105. The minimum atomic E-state index is -0.116. The maximum absolute atomic E-state index is 12.7. The molecule has 0 aliphatic heterocycles. The lowest BCUT2D eigenvalue weighted by Gasteiger charge is -2.11. The fourth-order valence-electron chi connectivity index (χ4n) is 2.45. The number of thioether (sulfide) groups is 1. The van der Waals surface area contributed by atoms with Crippen LogP contribution in [-0.2, 0) is 12.3 Å². The van der Waals surface area contributed by atoms with Crippen LogP contribution in [0.4, 0.5) is 0 Å². The maximum atomic E-state index is 12.7. The first-order valence-electron chi connectivity index (χ1n) is 7.55. The second-order valence-electron chi connectivity index (χ2n) is 5.36. The number of nitriles is 1. The Hall–Kier alpha value is -2.55. The molecule has 0 atom stereocenters. The molecule has 3 rings (SSSR count). The van der Waals surface area contributed by atoms with Gasteiger partial charge in [-0.25, -0.2) is 4.98 Å². The smallest absolute Gasteiger partial charge is 0.262 e. The van der Waals surface area contributed by atoms with E-state index in [2.05, 4.69) is 17.6 Å². The third kappa shape index (κ3) is 3.76. The molecule has 0 unspecified atom stereocenters. The van der Waals surface area contributed by atoms with Crippen molar-refractivity contribution in [2.75, 3.05) is 0 Å². The summed E-state index contributed by atoms with van der Waals surface area (Å²) in [6.45, 7) is 4.10. The molecule has 3 aromatic rings. The number of allylic oxidation sites excluding steroid dienone is 1. The number of halogens is 1. The molecule has 4 nitrogen and oxygen atoms in total. The van der Waals surface area contributed by atoms with E-state index in [0.29, 0.717) is 38.9 Å². The molecule has 0 saturated heterocycles. The number of hydrogen-bond acceptors (Lipinski definition) is 4. The second-order valence-corrected chi connectivity index (χ2v) is 6.74. The van der Waals surface area contributed by atoms with Gasteiger partial charge in [0.05, 0.1) is 22.5 Å². The van der Waals surface area contributed by atoms with Gasteiger partial charge in [0.25, 0.3) is 5.56 Å². The molecule has 6 heteroatoms. The van der Waals surface area contributed by atoms with Gasteiger partial charge in [-0.3, -0.25) is 9.36 Å². The van der Waals surface area contributed by atoms with Gasteiger partial charge in [-0.2, -0.15) is 5.26 Å². The Kier molecular flexibility index (Phi) is 5.22. The van der Waals surface area contributed by atoms with Crippen LogP contribution in [0, 0.1) is 11.3 Å². The molecular weight excluding hydrogens is 354 g/mol. The van der Waals surface area contributed by atoms with Crippen molar-refractivity contribution in [3.8, 4) is 6.07 Å². The first-order valence-corrected chi connectivity index (χ1v) is 8.91. The monoisotopic (exact) mass is 367 g/mol. The number of hydrogen-bond donors (Lipinski definition) is 0. The molecule has 1 aromatic heterocycles. The third-order valence-electron chi connectivity index (χ3n) is 3.62. The van der Waals surface area contributed by atoms with E-state index < -0.39 is 0 Å². The number of aromatic nitrogens is 2. The van der Waals surface area contributed by atoms with Crippen molar-refractivity contribution < 1.29 is 0 Å². The van der Waals surface area contributed by atoms with E-state index in [4.69, 9.17) is 16.9 Å². The summed E-state index contributed by atoms with van der Waals surface area (Å²) < 4.78 is 1.60. The predicted molar refractivity (Wildman–Crippen MR) is 102 cm³/mol. The largest absolute Gasteiger partial charge is 0.283 e. The normalized spacial score (nSPS) is 10.6. The van der Waals surface area contributed by atoms with E-state index in [1.165, 1.54) is 11.8 Å². The number of rotatable bonds is 5. The fourth-order valence-corrected chi connectivity index (χ4v) is 3.57.